The number of hydrogen-bond acceptors (Lipinski definition) is 3. The Bertz CT molecular complexity index is 800. The first kappa shape index (κ1) is 17.9. The Labute approximate surface area is 142 Å². The number of carbonyl (C=O) groups is 1. The lowest BCUT2D eigenvalue weighted by Crippen LogP contribution is -2.28. The zero-order chi connectivity index (χ0) is 17.6. The molecule has 0 saturated carbocycles. The molecular formula is C18H20N2O3S. The van der Waals surface area contributed by atoms with Gasteiger partial charge < -0.3 is 5.32 Å². The number of primary sulfonamides is 1. The Morgan fingerprint density at radius 1 is 1.12 bits per heavy atom. The van der Waals surface area contributed by atoms with E-state index in [0.29, 0.717) is 5.56 Å². The Morgan fingerprint density at radius 2 is 1.75 bits per heavy atom. The molecule has 0 aliphatic carbocycles. The number of allylic oxidation sites excluding steroid dienone is 1. The SMILES string of the molecule is C=CCC[C@@H](NC(=O)c1ccc(S(N)(=O)=O)cc1)c1ccccc1. The summed E-state index contributed by atoms with van der Waals surface area (Å²) in [6.45, 7) is 3.71. The second-order valence-electron chi connectivity index (χ2n) is 5.37. The maximum absolute atomic E-state index is 12.4. The van der Waals surface area contributed by atoms with Crippen LogP contribution in [-0.2, 0) is 10.0 Å². The van der Waals surface area contributed by atoms with Crippen molar-refractivity contribution in [1.82, 2.24) is 5.32 Å². The van der Waals surface area contributed by atoms with Gasteiger partial charge in [0.1, 0.15) is 0 Å². The van der Waals surface area contributed by atoms with Crippen molar-refractivity contribution in [2.45, 2.75) is 23.8 Å². The van der Waals surface area contributed by atoms with Gasteiger partial charge in [0.05, 0.1) is 10.9 Å². The summed E-state index contributed by atoms with van der Waals surface area (Å²) in [6.07, 6.45) is 3.31. The third kappa shape index (κ3) is 4.78. The molecule has 1 amide bonds. The Hall–Kier alpha value is -2.44. The van der Waals surface area contributed by atoms with E-state index in [0.717, 1.165) is 18.4 Å². The molecule has 0 spiro atoms. The fraction of sp³-hybridized carbons (Fsp3) is 0.167. The standard InChI is InChI=1S/C18H20N2O3S/c1-2-3-9-17(14-7-5-4-6-8-14)20-18(21)15-10-12-16(13-11-15)24(19,22)23/h2,4-8,10-13,17H,1,3,9H2,(H,20,21)(H2,19,22,23)/t17-/m1/s1. The van der Waals surface area contributed by atoms with Crippen molar-refractivity contribution in [3.63, 3.8) is 0 Å². The van der Waals surface area contributed by atoms with Crippen LogP contribution in [-0.4, -0.2) is 14.3 Å². The number of carbonyl (C=O) groups excluding carboxylic acids is 1. The van der Waals surface area contributed by atoms with Gasteiger partial charge in [-0.2, -0.15) is 0 Å². The van der Waals surface area contributed by atoms with Crippen LogP contribution in [0.2, 0.25) is 0 Å². The Balaban J connectivity index is 2.16. The van der Waals surface area contributed by atoms with E-state index in [4.69, 9.17) is 5.14 Å². The smallest absolute Gasteiger partial charge is 0.251 e. The maximum Gasteiger partial charge on any atom is 0.251 e. The van der Waals surface area contributed by atoms with Gasteiger partial charge in [-0.15, -0.1) is 6.58 Å². The maximum atomic E-state index is 12.4. The third-order valence-corrected chi connectivity index (χ3v) is 4.54. The molecule has 0 fully saturated rings. The normalized spacial score (nSPS) is 12.4. The molecule has 2 aromatic rings. The summed E-state index contributed by atoms with van der Waals surface area (Å²) in [5.41, 5.74) is 1.38. The van der Waals surface area contributed by atoms with E-state index in [-0.39, 0.29) is 16.8 Å². The van der Waals surface area contributed by atoms with Crippen LogP contribution >= 0.6 is 0 Å². The number of amides is 1. The summed E-state index contributed by atoms with van der Waals surface area (Å²) < 4.78 is 22.5. The highest BCUT2D eigenvalue weighted by Crippen LogP contribution is 2.19. The van der Waals surface area contributed by atoms with Crippen molar-refractivity contribution in [1.29, 1.82) is 0 Å². The van der Waals surface area contributed by atoms with E-state index in [1.165, 1.54) is 24.3 Å². The van der Waals surface area contributed by atoms with Gasteiger partial charge in [-0.05, 0) is 42.7 Å². The lowest BCUT2D eigenvalue weighted by molar-refractivity contribution is 0.0934. The highest BCUT2D eigenvalue weighted by Gasteiger charge is 2.16. The second kappa shape index (κ2) is 7.90. The molecule has 0 aliphatic rings. The number of nitrogens with two attached hydrogens (primary N) is 1. The van der Waals surface area contributed by atoms with Gasteiger partial charge in [-0.25, -0.2) is 13.6 Å². The monoisotopic (exact) mass is 344 g/mol. The summed E-state index contributed by atoms with van der Waals surface area (Å²) >= 11 is 0. The lowest BCUT2D eigenvalue weighted by atomic mass is 10.0. The van der Waals surface area contributed by atoms with E-state index < -0.39 is 10.0 Å². The van der Waals surface area contributed by atoms with Crippen LogP contribution in [0.4, 0.5) is 0 Å². The fourth-order valence-electron chi connectivity index (χ4n) is 2.33. The first-order chi connectivity index (χ1) is 11.4. The molecule has 0 saturated heterocycles. The zero-order valence-corrected chi connectivity index (χ0v) is 14.0. The van der Waals surface area contributed by atoms with Crippen LogP contribution in [0.25, 0.3) is 0 Å². The second-order valence-corrected chi connectivity index (χ2v) is 6.93. The Morgan fingerprint density at radius 3 is 2.29 bits per heavy atom. The van der Waals surface area contributed by atoms with Crippen LogP contribution in [0.15, 0.2) is 72.1 Å². The predicted octanol–water partition coefficient (Wildman–Crippen LogP) is 2.77. The molecule has 0 heterocycles. The molecule has 5 nitrogen and oxygen atoms in total. The molecule has 126 valence electrons. The number of sulfonamides is 1. The molecule has 2 rings (SSSR count). The lowest BCUT2D eigenvalue weighted by Gasteiger charge is -2.19. The molecule has 0 radical (unpaired) electrons. The molecule has 2 aromatic carbocycles. The summed E-state index contributed by atoms with van der Waals surface area (Å²) in [4.78, 5) is 12.4. The molecule has 0 unspecified atom stereocenters. The van der Waals surface area contributed by atoms with Crippen LogP contribution < -0.4 is 10.5 Å². The molecule has 0 bridgehead atoms. The van der Waals surface area contributed by atoms with E-state index in [9.17, 15) is 13.2 Å². The average Bonchev–Trinajstić information content (AvgIpc) is 2.58. The number of nitrogens with one attached hydrogen (secondary N) is 1. The van der Waals surface area contributed by atoms with E-state index >= 15 is 0 Å². The quantitative estimate of drug-likeness (QED) is 0.757. The zero-order valence-electron chi connectivity index (χ0n) is 13.2. The highest BCUT2D eigenvalue weighted by atomic mass is 32.2. The van der Waals surface area contributed by atoms with Crippen molar-refractivity contribution in [2.24, 2.45) is 5.14 Å². The van der Waals surface area contributed by atoms with Crippen LogP contribution in [0.1, 0.15) is 34.8 Å². The van der Waals surface area contributed by atoms with Gasteiger partial charge >= 0.3 is 0 Å². The van der Waals surface area contributed by atoms with Gasteiger partial charge in [-0.1, -0.05) is 36.4 Å². The fourth-order valence-corrected chi connectivity index (χ4v) is 2.85. The minimum absolute atomic E-state index is 0.0229. The van der Waals surface area contributed by atoms with E-state index in [1.807, 2.05) is 36.4 Å². The minimum Gasteiger partial charge on any atom is -0.345 e. The van der Waals surface area contributed by atoms with Crippen LogP contribution in [0.5, 0.6) is 0 Å². The van der Waals surface area contributed by atoms with Gasteiger partial charge in [0, 0.05) is 5.56 Å². The first-order valence-electron chi connectivity index (χ1n) is 7.51. The van der Waals surface area contributed by atoms with Gasteiger partial charge in [0.15, 0.2) is 0 Å². The molecule has 0 aromatic heterocycles. The van der Waals surface area contributed by atoms with Crippen LogP contribution in [0.3, 0.4) is 0 Å². The van der Waals surface area contributed by atoms with E-state index in [2.05, 4.69) is 11.9 Å². The van der Waals surface area contributed by atoms with Crippen molar-refractivity contribution >= 4 is 15.9 Å². The van der Waals surface area contributed by atoms with Crippen molar-refractivity contribution in [3.05, 3.63) is 78.4 Å². The molecular weight excluding hydrogens is 324 g/mol. The number of rotatable bonds is 7. The highest BCUT2D eigenvalue weighted by molar-refractivity contribution is 7.89. The summed E-state index contributed by atoms with van der Waals surface area (Å²) in [7, 11) is -3.77. The molecule has 0 aliphatic heterocycles. The first-order valence-corrected chi connectivity index (χ1v) is 9.06. The largest absolute Gasteiger partial charge is 0.345 e. The minimum atomic E-state index is -3.77. The van der Waals surface area contributed by atoms with Crippen LogP contribution in [0, 0.1) is 0 Å². The average molecular weight is 344 g/mol. The topological polar surface area (TPSA) is 89.3 Å². The van der Waals surface area contributed by atoms with Gasteiger partial charge in [0.25, 0.3) is 5.91 Å². The summed E-state index contributed by atoms with van der Waals surface area (Å²) in [5, 5.41) is 8.03. The summed E-state index contributed by atoms with van der Waals surface area (Å²) in [6, 6.07) is 15.1. The molecule has 1 atom stereocenters. The summed E-state index contributed by atoms with van der Waals surface area (Å²) in [5.74, 6) is -0.270. The number of benzene rings is 2. The predicted molar refractivity (Wildman–Crippen MR) is 93.9 cm³/mol. The van der Waals surface area contributed by atoms with Gasteiger partial charge in [0.2, 0.25) is 10.0 Å². The third-order valence-electron chi connectivity index (χ3n) is 3.61. The number of hydrogen-bond donors (Lipinski definition) is 2. The molecule has 6 heteroatoms. The molecule has 3 N–H and O–H groups in total. The van der Waals surface area contributed by atoms with E-state index in [1.54, 1.807) is 0 Å². The Kier molecular flexibility index (Phi) is 5.89. The van der Waals surface area contributed by atoms with Gasteiger partial charge in [-0.3, -0.25) is 4.79 Å². The van der Waals surface area contributed by atoms with Crippen molar-refractivity contribution in [2.75, 3.05) is 0 Å². The molecule has 24 heavy (non-hydrogen) atoms. The van der Waals surface area contributed by atoms with Crippen molar-refractivity contribution in [3.8, 4) is 0 Å². The van der Waals surface area contributed by atoms with Crippen molar-refractivity contribution < 1.29 is 13.2 Å².